The number of amides is 3. The number of halogens is 1. The number of hydrogen-bond acceptors (Lipinski definition) is 4. The number of para-hydroxylation sites is 1. The maximum absolute atomic E-state index is 13.7. The lowest BCUT2D eigenvalue weighted by atomic mass is 9.79. The summed E-state index contributed by atoms with van der Waals surface area (Å²) in [6, 6.07) is 6.18. The van der Waals surface area contributed by atoms with E-state index in [1.54, 1.807) is 17.0 Å². The summed E-state index contributed by atoms with van der Waals surface area (Å²) < 4.78 is 0. The predicted octanol–water partition coefficient (Wildman–Crippen LogP) is 3.24. The highest BCUT2D eigenvalue weighted by Gasteiger charge is 2.43. The number of likely N-dealkylation sites (tertiary alicyclic amines) is 1. The number of aromatic amines is 1. The lowest BCUT2D eigenvalue weighted by Gasteiger charge is -2.27. The monoisotopic (exact) mass is 514 g/mol. The summed E-state index contributed by atoms with van der Waals surface area (Å²) in [6.45, 7) is 0.917. The lowest BCUT2D eigenvalue weighted by molar-refractivity contribution is -0.127. The molecule has 9 heteroatoms. The second kappa shape index (κ2) is 10.8. The van der Waals surface area contributed by atoms with Gasteiger partial charge in [0.15, 0.2) is 0 Å². The number of aromatic nitrogens is 1. The molecule has 0 spiro atoms. The van der Waals surface area contributed by atoms with E-state index in [4.69, 9.17) is 11.6 Å². The van der Waals surface area contributed by atoms with Crippen LogP contribution in [-0.2, 0) is 9.59 Å². The zero-order valence-corrected chi connectivity index (χ0v) is 21.2. The van der Waals surface area contributed by atoms with Crippen molar-refractivity contribution in [2.24, 2.45) is 17.8 Å². The molecule has 194 valence electrons. The summed E-state index contributed by atoms with van der Waals surface area (Å²) in [5, 5.41) is 17.1. The molecule has 4 N–H and O–H groups in total. The molecule has 1 saturated carbocycles. The van der Waals surface area contributed by atoms with E-state index in [9.17, 15) is 19.5 Å². The number of nitrogens with zero attached hydrogens (tertiary/aromatic N) is 1. The molecule has 2 aromatic rings. The topological polar surface area (TPSA) is 115 Å². The van der Waals surface area contributed by atoms with Crippen molar-refractivity contribution in [2.45, 2.75) is 63.5 Å². The van der Waals surface area contributed by atoms with Gasteiger partial charge in [-0.15, -0.1) is 0 Å². The number of carbonyl (C=O) groups is 3. The van der Waals surface area contributed by atoms with Crippen LogP contribution in [0.5, 0.6) is 0 Å². The number of nitrogens with one attached hydrogen (secondary N) is 3. The van der Waals surface area contributed by atoms with Crippen molar-refractivity contribution in [1.29, 1.82) is 0 Å². The second-order valence-corrected chi connectivity index (χ2v) is 11.1. The maximum Gasteiger partial charge on any atom is 0.270 e. The first-order valence-electron chi connectivity index (χ1n) is 13.2. The van der Waals surface area contributed by atoms with Gasteiger partial charge in [-0.2, -0.15) is 0 Å². The van der Waals surface area contributed by atoms with E-state index in [0.29, 0.717) is 54.5 Å². The highest BCUT2D eigenvalue weighted by atomic mass is 35.5. The Hall–Kier alpha value is -2.58. The molecular formula is C27H35ClN4O4. The number of hydrogen-bond donors (Lipinski definition) is 4. The third-order valence-corrected chi connectivity index (χ3v) is 8.66. The first-order valence-corrected chi connectivity index (χ1v) is 13.6. The molecule has 5 rings (SSSR count). The standard InChI is InChI=1S/C27H35ClN4O4/c28-21-8-4-7-17-12-22(31-24(17)21)27(36)32-14-19(16-5-2-1-3-6-16)13-23(32)26(35)30-20(15-33)11-18-9-10-29-25(18)34/h4,7-8,12,16,18-20,23,31,33H,1-3,5-6,9-11,13-15H2,(H,29,34)(H,30,35)/t18-,19+,20-,23-/m0/s1. The number of fused-ring (bicyclic) bond motifs is 1. The van der Waals surface area contributed by atoms with Crippen molar-refractivity contribution in [3.8, 4) is 0 Å². The van der Waals surface area contributed by atoms with Gasteiger partial charge in [0, 0.05) is 24.4 Å². The predicted molar refractivity (Wildman–Crippen MR) is 138 cm³/mol. The van der Waals surface area contributed by atoms with Crippen molar-refractivity contribution >= 4 is 40.2 Å². The Morgan fingerprint density at radius 2 is 1.97 bits per heavy atom. The zero-order chi connectivity index (χ0) is 25.2. The zero-order valence-electron chi connectivity index (χ0n) is 20.5. The van der Waals surface area contributed by atoms with E-state index in [1.165, 1.54) is 19.3 Å². The number of carbonyl (C=O) groups excluding carboxylic acids is 3. The molecule has 1 aromatic carbocycles. The van der Waals surface area contributed by atoms with E-state index >= 15 is 0 Å². The van der Waals surface area contributed by atoms with Crippen LogP contribution in [0.3, 0.4) is 0 Å². The number of benzene rings is 1. The van der Waals surface area contributed by atoms with Crippen LogP contribution in [0.15, 0.2) is 24.3 Å². The number of rotatable bonds is 7. The van der Waals surface area contributed by atoms with Crippen LogP contribution in [0.2, 0.25) is 5.02 Å². The molecule has 8 nitrogen and oxygen atoms in total. The summed E-state index contributed by atoms with van der Waals surface area (Å²) in [7, 11) is 0. The largest absolute Gasteiger partial charge is 0.394 e. The Kier molecular flexibility index (Phi) is 7.53. The Morgan fingerprint density at radius 1 is 1.17 bits per heavy atom. The molecule has 3 amide bonds. The van der Waals surface area contributed by atoms with Gasteiger partial charge in [-0.25, -0.2) is 0 Å². The normalized spacial score (nSPS) is 25.8. The van der Waals surface area contributed by atoms with Gasteiger partial charge < -0.3 is 25.6 Å². The van der Waals surface area contributed by atoms with Gasteiger partial charge in [-0.05, 0) is 43.2 Å². The number of H-pyrrole nitrogens is 1. The Labute approximate surface area is 216 Å². The van der Waals surface area contributed by atoms with E-state index in [1.807, 2.05) is 12.1 Å². The van der Waals surface area contributed by atoms with E-state index in [2.05, 4.69) is 15.6 Å². The number of aliphatic hydroxyl groups is 1. The fourth-order valence-electron chi connectivity index (χ4n) is 6.37. The second-order valence-electron chi connectivity index (χ2n) is 10.7. The molecule has 4 atom stereocenters. The fourth-order valence-corrected chi connectivity index (χ4v) is 6.60. The molecule has 36 heavy (non-hydrogen) atoms. The average molecular weight is 515 g/mol. The van der Waals surface area contributed by atoms with E-state index in [-0.39, 0.29) is 36.2 Å². The first-order chi connectivity index (χ1) is 17.4. The van der Waals surface area contributed by atoms with Gasteiger partial charge in [-0.1, -0.05) is 55.8 Å². The Bertz CT molecular complexity index is 1130. The van der Waals surface area contributed by atoms with E-state index in [0.717, 1.165) is 18.2 Å². The molecule has 2 aliphatic heterocycles. The minimum atomic E-state index is -0.613. The van der Waals surface area contributed by atoms with Crippen molar-refractivity contribution in [3.05, 3.63) is 35.0 Å². The summed E-state index contributed by atoms with van der Waals surface area (Å²) in [6.07, 6.45) is 7.63. The molecule has 1 aliphatic carbocycles. The SMILES string of the molecule is O=C1NCC[C@H]1C[C@@H](CO)NC(=O)[C@@H]1C[C@@H](C2CCCCC2)CN1C(=O)c1cc2cccc(Cl)c2[nH]1. The summed E-state index contributed by atoms with van der Waals surface area (Å²) in [4.78, 5) is 44.1. The summed E-state index contributed by atoms with van der Waals surface area (Å²) >= 11 is 6.32. The molecular weight excluding hydrogens is 480 g/mol. The average Bonchev–Trinajstić information content (AvgIpc) is 3.63. The minimum Gasteiger partial charge on any atom is -0.394 e. The van der Waals surface area contributed by atoms with Crippen LogP contribution in [0.25, 0.3) is 10.9 Å². The fraction of sp³-hybridized carbons (Fsp3) is 0.593. The highest BCUT2D eigenvalue weighted by molar-refractivity contribution is 6.35. The molecule has 0 unspecified atom stereocenters. The highest BCUT2D eigenvalue weighted by Crippen LogP contribution is 2.38. The molecule has 2 saturated heterocycles. The Balaban J connectivity index is 1.35. The molecule has 3 fully saturated rings. The van der Waals surface area contributed by atoms with E-state index < -0.39 is 12.1 Å². The molecule has 1 aromatic heterocycles. The van der Waals surface area contributed by atoms with Crippen molar-refractivity contribution < 1.29 is 19.5 Å². The summed E-state index contributed by atoms with van der Waals surface area (Å²) in [5.74, 6) is 0.0701. The van der Waals surface area contributed by atoms with Crippen LogP contribution < -0.4 is 10.6 Å². The van der Waals surface area contributed by atoms with Crippen molar-refractivity contribution in [1.82, 2.24) is 20.5 Å². The minimum absolute atomic E-state index is 0.0322. The Morgan fingerprint density at radius 3 is 2.67 bits per heavy atom. The van der Waals surface area contributed by atoms with Gasteiger partial charge in [0.25, 0.3) is 5.91 Å². The van der Waals surface area contributed by atoms with Gasteiger partial charge >= 0.3 is 0 Å². The van der Waals surface area contributed by atoms with Crippen LogP contribution in [0.1, 0.15) is 61.9 Å². The molecule has 3 heterocycles. The van der Waals surface area contributed by atoms with Crippen molar-refractivity contribution in [3.63, 3.8) is 0 Å². The third-order valence-electron chi connectivity index (χ3n) is 8.35. The lowest BCUT2D eigenvalue weighted by Crippen LogP contribution is -2.50. The maximum atomic E-state index is 13.7. The molecule has 0 bridgehead atoms. The van der Waals surface area contributed by atoms with Gasteiger partial charge in [0.2, 0.25) is 11.8 Å². The quantitative estimate of drug-likeness (QED) is 0.454. The van der Waals surface area contributed by atoms with Crippen molar-refractivity contribution in [2.75, 3.05) is 19.7 Å². The van der Waals surface area contributed by atoms with Gasteiger partial charge in [0.1, 0.15) is 11.7 Å². The third kappa shape index (κ3) is 5.11. The first kappa shape index (κ1) is 25.1. The van der Waals surface area contributed by atoms with Crippen LogP contribution in [0, 0.1) is 17.8 Å². The van der Waals surface area contributed by atoms with Gasteiger partial charge in [-0.3, -0.25) is 14.4 Å². The summed E-state index contributed by atoms with van der Waals surface area (Å²) in [5.41, 5.74) is 1.13. The van der Waals surface area contributed by atoms with Gasteiger partial charge in [0.05, 0.1) is 23.2 Å². The van der Waals surface area contributed by atoms with Crippen LogP contribution >= 0.6 is 11.6 Å². The van der Waals surface area contributed by atoms with Crippen LogP contribution in [0.4, 0.5) is 0 Å². The smallest absolute Gasteiger partial charge is 0.270 e. The number of aliphatic hydroxyl groups excluding tert-OH is 1. The molecule has 0 radical (unpaired) electrons. The molecule has 3 aliphatic rings. The van der Waals surface area contributed by atoms with Crippen LogP contribution in [-0.4, -0.2) is 64.5 Å².